The second kappa shape index (κ2) is 5.24. The number of hydrogen-bond acceptors (Lipinski definition) is 6. The lowest BCUT2D eigenvalue weighted by Crippen LogP contribution is -2.25. The van der Waals surface area contributed by atoms with Crippen LogP contribution in [0.4, 0.5) is 23.2 Å². The SMILES string of the molecule is O=[N+]([O-])c1cn(C(c2nnnn2CC(F)(F)F)C2CC2)nc1F. The molecule has 3 rings (SSSR count). The zero-order valence-corrected chi connectivity index (χ0v) is 11.3. The van der Waals surface area contributed by atoms with Crippen LogP contribution in [0.3, 0.4) is 0 Å². The number of tetrazole rings is 1. The lowest BCUT2D eigenvalue weighted by Gasteiger charge is -2.16. The van der Waals surface area contributed by atoms with Gasteiger partial charge < -0.3 is 0 Å². The summed E-state index contributed by atoms with van der Waals surface area (Å²) in [4.78, 5) is 9.75. The van der Waals surface area contributed by atoms with E-state index in [4.69, 9.17) is 0 Å². The van der Waals surface area contributed by atoms with Crippen LogP contribution in [-0.4, -0.2) is 41.1 Å². The van der Waals surface area contributed by atoms with Crippen LogP contribution in [0, 0.1) is 22.0 Å². The molecule has 0 radical (unpaired) electrons. The largest absolute Gasteiger partial charge is 0.408 e. The minimum absolute atomic E-state index is 0.160. The highest BCUT2D eigenvalue weighted by molar-refractivity contribution is 5.24. The van der Waals surface area contributed by atoms with Gasteiger partial charge in [0.05, 0.1) is 4.92 Å². The first kappa shape index (κ1) is 15.3. The predicted molar refractivity (Wildman–Crippen MR) is 63.6 cm³/mol. The molecule has 1 saturated carbocycles. The van der Waals surface area contributed by atoms with E-state index in [9.17, 15) is 27.7 Å². The number of halogens is 4. The summed E-state index contributed by atoms with van der Waals surface area (Å²) in [7, 11) is 0. The molecule has 1 aliphatic carbocycles. The average Bonchev–Trinajstić information content (AvgIpc) is 3.03. The minimum atomic E-state index is -4.54. The third-order valence-corrected chi connectivity index (χ3v) is 3.37. The highest BCUT2D eigenvalue weighted by atomic mass is 19.4. The van der Waals surface area contributed by atoms with E-state index in [0.29, 0.717) is 17.5 Å². The molecule has 23 heavy (non-hydrogen) atoms. The van der Waals surface area contributed by atoms with Gasteiger partial charge in [0.1, 0.15) is 18.8 Å². The predicted octanol–water partition coefficient (Wildman–Crippen LogP) is 1.48. The Morgan fingerprint density at radius 1 is 1.43 bits per heavy atom. The quantitative estimate of drug-likeness (QED) is 0.466. The van der Waals surface area contributed by atoms with Crippen LogP contribution < -0.4 is 0 Å². The highest BCUT2D eigenvalue weighted by Crippen LogP contribution is 2.43. The molecule has 0 N–H and O–H groups in total. The van der Waals surface area contributed by atoms with Crippen molar-refractivity contribution in [2.24, 2.45) is 5.92 Å². The molecule has 2 heterocycles. The fourth-order valence-corrected chi connectivity index (χ4v) is 2.29. The molecule has 124 valence electrons. The zero-order valence-electron chi connectivity index (χ0n) is 11.3. The summed E-state index contributed by atoms with van der Waals surface area (Å²) >= 11 is 0. The Morgan fingerprint density at radius 3 is 2.65 bits per heavy atom. The molecule has 9 nitrogen and oxygen atoms in total. The van der Waals surface area contributed by atoms with Crippen molar-refractivity contribution in [3.05, 3.63) is 28.1 Å². The number of aromatic nitrogens is 6. The number of alkyl halides is 3. The van der Waals surface area contributed by atoms with Crippen molar-refractivity contribution in [1.29, 1.82) is 0 Å². The van der Waals surface area contributed by atoms with Gasteiger partial charge in [0.2, 0.25) is 0 Å². The summed E-state index contributed by atoms with van der Waals surface area (Å²) < 4.78 is 52.7. The maximum Gasteiger partial charge on any atom is 0.408 e. The fraction of sp³-hybridized carbons (Fsp3) is 0.600. The van der Waals surface area contributed by atoms with Gasteiger partial charge >= 0.3 is 17.8 Å². The molecule has 1 fully saturated rings. The van der Waals surface area contributed by atoms with E-state index >= 15 is 0 Å². The van der Waals surface area contributed by atoms with Gasteiger partial charge in [-0.2, -0.15) is 17.6 Å². The molecule has 0 spiro atoms. The molecular weight excluding hydrogens is 326 g/mol. The first-order valence-corrected chi connectivity index (χ1v) is 6.48. The second-order valence-corrected chi connectivity index (χ2v) is 5.13. The lowest BCUT2D eigenvalue weighted by molar-refractivity contribution is -0.387. The van der Waals surface area contributed by atoms with Crippen molar-refractivity contribution in [3.8, 4) is 0 Å². The standard InChI is InChI=1S/C10H9F4N7O2/c11-8-6(21(22)23)3-19(16-8)7(5-1-2-5)9-15-17-18-20(9)4-10(12,13)14/h3,5,7H,1-2,4H2. The van der Waals surface area contributed by atoms with Crippen LogP contribution in [0.15, 0.2) is 6.20 Å². The lowest BCUT2D eigenvalue weighted by atomic mass is 10.2. The topological polar surface area (TPSA) is 105 Å². The van der Waals surface area contributed by atoms with Crippen molar-refractivity contribution in [2.45, 2.75) is 31.6 Å². The molecule has 1 unspecified atom stereocenters. The fourth-order valence-electron chi connectivity index (χ4n) is 2.29. The first-order chi connectivity index (χ1) is 10.8. The minimum Gasteiger partial charge on any atom is -0.258 e. The molecule has 0 bridgehead atoms. The van der Waals surface area contributed by atoms with Crippen molar-refractivity contribution in [2.75, 3.05) is 0 Å². The van der Waals surface area contributed by atoms with Crippen molar-refractivity contribution >= 4 is 5.69 Å². The molecule has 0 aliphatic heterocycles. The molecule has 0 aromatic carbocycles. The molecular formula is C10H9F4N7O2. The zero-order chi connectivity index (χ0) is 16.8. The van der Waals surface area contributed by atoms with Gasteiger partial charge in [-0.3, -0.25) is 14.8 Å². The van der Waals surface area contributed by atoms with E-state index in [1.807, 2.05) is 0 Å². The summed E-state index contributed by atoms with van der Waals surface area (Å²) in [6.07, 6.45) is -2.40. The monoisotopic (exact) mass is 335 g/mol. The smallest absolute Gasteiger partial charge is 0.258 e. The molecule has 0 saturated heterocycles. The number of rotatable bonds is 5. The van der Waals surface area contributed by atoms with Gasteiger partial charge in [0.15, 0.2) is 5.82 Å². The van der Waals surface area contributed by atoms with Gasteiger partial charge in [-0.15, -0.1) is 10.2 Å². The van der Waals surface area contributed by atoms with E-state index < -0.39 is 35.3 Å². The summed E-state index contributed by atoms with van der Waals surface area (Å²) in [6, 6.07) is -0.893. The summed E-state index contributed by atoms with van der Waals surface area (Å²) in [5.41, 5.74) is -0.856. The summed E-state index contributed by atoms with van der Waals surface area (Å²) in [5, 5.41) is 24.2. The van der Waals surface area contributed by atoms with E-state index in [2.05, 4.69) is 20.6 Å². The Morgan fingerprint density at radius 2 is 2.13 bits per heavy atom. The number of nitro groups is 1. The van der Waals surface area contributed by atoms with Crippen LogP contribution in [0.5, 0.6) is 0 Å². The maximum atomic E-state index is 13.5. The van der Waals surface area contributed by atoms with E-state index in [1.54, 1.807) is 0 Å². The van der Waals surface area contributed by atoms with Gasteiger partial charge in [-0.05, 0) is 29.2 Å². The van der Waals surface area contributed by atoms with E-state index in [0.717, 1.165) is 10.9 Å². The van der Waals surface area contributed by atoms with Crippen molar-refractivity contribution < 1.29 is 22.5 Å². The van der Waals surface area contributed by atoms with Crippen molar-refractivity contribution in [3.63, 3.8) is 0 Å². The molecule has 1 aliphatic rings. The van der Waals surface area contributed by atoms with Crippen LogP contribution in [-0.2, 0) is 6.54 Å². The summed E-state index contributed by atoms with van der Waals surface area (Å²) in [6.45, 7) is -1.41. The molecule has 2 aromatic rings. The van der Waals surface area contributed by atoms with Crippen LogP contribution in [0.2, 0.25) is 0 Å². The molecule has 13 heteroatoms. The number of hydrogen-bond donors (Lipinski definition) is 0. The maximum absolute atomic E-state index is 13.5. The van der Waals surface area contributed by atoms with Crippen LogP contribution in [0.1, 0.15) is 24.7 Å². The Bertz CT molecular complexity index is 736. The van der Waals surface area contributed by atoms with Gasteiger partial charge in [-0.25, -0.2) is 4.68 Å². The molecule has 2 aromatic heterocycles. The molecule has 1 atom stereocenters. The van der Waals surface area contributed by atoms with Crippen molar-refractivity contribution in [1.82, 2.24) is 30.0 Å². The molecule has 0 amide bonds. The Kier molecular flexibility index (Phi) is 3.49. The third-order valence-electron chi connectivity index (χ3n) is 3.37. The van der Waals surface area contributed by atoms with E-state index in [1.165, 1.54) is 0 Å². The van der Waals surface area contributed by atoms with Gasteiger partial charge in [0, 0.05) is 0 Å². The van der Waals surface area contributed by atoms with Crippen LogP contribution >= 0.6 is 0 Å². The Labute approximate surface area is 125 Å². The Balaban J connectivity index is 1.99. The number of nitrogens with zero attached hydrogens (tertiary/aromatic N) is 7. The third kappa shape index (κ3) is 3.12. The van der Waals surface area contributed by atoms with Gasteiger partial charge in [-0.1, -0.05) is 0 Å². The van der Waals surface area contributed by atoms with Gasteiger partial charge in [0.25, 0.3) is 0 Å². The van der Waals surface area contributed by atoms with Crippen LogP contribution in [0.25, 0.3) is 0 Å². The average molecular weight is 335 g/mol. The highest BCUT2D eigenvalue weighted by Gasteiger charge is 2.41. The normalized spacial score (nSPS) is 16.5. The van der Waals surface area contributed by atoms with E-state index in [-0.39, 0.29) is 11.7 Å². The first-order valence-electron chi connectivity index (χ1n) is 6.48. The second-order valence-electron chi connectivity index (χ2n) is 5.13. The Hall–Kier alpha value is -2.60. The summed E-state index contributed by atoms with van der Waals surface area (Å²) in [5.74, 6) is -1.63.